The van der Waals surface area contributed by atoms with Crippen molar-refractivity contribution in [1.29, 1.82) is 0 Å². The Hall–Kier alpha value is -1.47. The summed E-state index contributed by atoms with van der Waals surface area (Å²) >= 11 is 2.67. The third-order valence-electron chi connectivity index (χ3n) is 2.66. The molecule has 3 rings (SSSR count). The first-order valence-corrected chi connectivity index (χ1v) is 7.19. The van der Waals surface area contributed by atoms with Crippen LogP contribution in [0.1, 0.15) is 28.2 Å². The van der Waals surface area contributed by atoms with E-state index in [1.807, 2.05) is 6.92 Å². The molecule has 0 atom stereocenters. The number of aryl methyl sites for hydroxylation is 1. The van der Waals surface area contributed by atoms with E-state index < -0.39 is 5.91 Å². The number of nitrogens with one attached hydrogen (secondary N) is 1. The molecule has 1 fully saturated rings. The first-order valence-electron chi connectivity index (χ1n) is 5.56. The van der Waals surface area contributed by atoms with Gasteiger partial charge in [0.1, 0.15) is 10.6 Å². The van der Waals surface area contributed by atoms with Crippen molar-refractivity contribution < 1.29 is 4.79 Å². The highest BCUT2D eigenvalue weighted by molar-refractivity contribution is 7.19. The number of primary amides is 1. The predicted octanol–water partition coefficient (Wildman–Crippen LogP) is 2.05. The molecule has 3 N–H and O–H groups in total. The van der Waals surface area contributed by atoms with Gasteiger partial charge in [-0.25, -0.2) is 9.97 Å². The number of carbonyl (C=O) groups excluding carboxylic acids is 1. The number of nitrogens with two attached hydrogens (primary N) is 1. The Morgan fingerprint density at radius 1 is 1.56 bits per heavy atom. The van der Waals surface area contributed by atoms with E-state index in [0.717, 1.165) is 28.5 Å². The molecule has 1 aliphatic carbocycles. The molecule has 1 aliphatic rings. The largest absolute Gasteiger partial charge is 0.365 e. The van der Waals surface area contributed by atoms with Crippen molar-refractivity contribution in [3.63, 3.8) is 0 Å². The lowest BCUT2D eigenvalue weighted by molar-refractivity contribution is 0.100. The van der Waals surface area contributed by atoms with E-state index in [-0.39, 0.29) is 0 Å². The molecular formula is C11H11N4OS2. The van der Waals surface area contributed by atoms with Gasteiger partial charge in [-0.1, -0.05) is 11.3 Å². The molecule has 0 aliphatic heterocycles. The lowest BCUT2D eigenvalue weighted by atomic mass is 10.2. The first kappa shape index (κ1) is 11.6. The first-order chi connectivity index (χ1) is 8.65. The van der Waals surface area contributed by atoms with Crippen LogP contribution >= 0.6 is 22.7 Å². The van der Waals surface area contributed by atoms with Crippen LogP contribution in [0.5, 0.6) is 0 Å². The Labute approximate surface area is 112 Å². The molecule has 0 saturated heterocycles. The van der Waals surface area contributed by atoms with Crippen LogP contribution in [0, 0.1) is 12.4 Å². The van der Waals surface area contributed by atoms with Gasteiger partial charge in [0.2, 0.25) is 0 Å². The molecule has 0 unspecified atom stereocenters. The van der Waals surface area contributed by atoms with Crippen molar-refractivity contribution >= 4 is 33.7 Å². The molecule has 1 radical (unpaired) electrons. The number of aromatic nitrogens is 2. The van der Waals surface area contributed by atoms with Gasteiger partial charge in [0.25, 0.3) is 5.91 Å². The number of rotatable bonds is 4. The molecule has 0 bridgehead atoms. The van der Waals surface area contributed by atoms with E-state index in [4.69, 9.17) is 5.73 Å². The van der Waals surface area contributed by atoms with Crippen LogP contribution in [-0.4, -0.2) is 21.9 Å². The van der Waals surface area contributed by atoms with E-state index in [9.17, 15) is 4.79 Å². The monoisotopic (exact) mass is 279 g/mol. The highest BCUT2D eigenvalue weighted by Gasteiger charge is 2.25. The Bertz CT molecular complexity index is 600. The van der Waals surface area contributed by atoms with Crippen LogP contribution in [0.4, 0.5) is 5.13 Å². The van der Waals surface area contributed by atoms with Gasteiger partial charge in [-0.05, 0) is 19.8 Å². The van der Waals surface area contributed by atoms with Crippen molar-refractivity contribution in [1.82, 2.24) is 9.97 Å². The van der Waals surface area contributed by atoms with Crippen LogP contribution < -0.4 is 11.1 Å². The second-order valence-corrected chi connectivity index (χ2v) is 5.99. The number of hydrogen-bond acceptors (Lipinski definition) is 6. The lowest BCUT2D eigenvalue weighted by Gasteiger charge is -1.96. The van der Waals surface area contributed by atoms with E-state index in [1.54, 1.807) is 0 Å². The summed E-state index contributed by atoms with van der Waals surface area (Å²) in [6, 6.07) is 0.499. The Morgan fingerprint density at radius 2 is 2.33 bits per heavy atom. The minimum atomic E-state index is -0.445. The smallest absolute Gasteiger partial charge is 0.261 e. The number of thiazole rings is 2. The van der Waals surface area contributed by atoms with Gasteiger partial charge in [-0.15, -0.1) is 11.3 Å². The van der Waals surface area contributed by atoms with Crippen molar-refractivity contribution in [2.24, 2.45) is 5.73 Å². The molecule has 0 aromatic carbocycles. The molecule has 2 aromatic rings. The molecule has 2 aromatic heterocycles. The fraction of sp³-hybridized carbons (Fsp3) is 0.364. The van der Waals surface area contributed by atoms with Crippen molar-refractivity contribution in [2.45, 2.75) is 25.8 Å². The third-order valence-corrected chi connectivity index (χ3v) is 4.54. The zero-order valence-corrected chi connectivity index (χ0v) is 11.3. The normalized spacial score (nSPS) is 14.7. The standard InChI is InChI=1S/C11H11N4OS2/c1-5-8(17-4-13-5)7-9(10(12)16)18-11(15-7)14-6-2-3-6/h6H,2-3H2,1H3,(H2,12,16)(H,14,15). The van der Waals surface area contributed by atoms with Crippen molar-refractivity contribution in [3.05, 3.63) is 16.1 Å². The molecule has 7 heteroatoms. The maximum absolute atomic E-state index is 11.5. The van der Waals surface area contributed by atoms with Crippen LogP contribution in [0.3, 0.4) is 0 Å². The molecule has 0 spiro atoms. The minimum absolute atomic E-state index is 0.445. The molecule has 5 nitrogen and oxygen atoms in total. The molecule has 18 heavy (non-hydrogen) atoms. The summed E-state index contributed by atoms with van der Waals surface area (Å²) in [5.74, 6) is -0.445. The topological polar surface area (TPSA) is 80.9 Å². The highest BCUT2D eigenvalue weighted by atomic mass is 32.1. The third kappa shape index (κ3) is 2.11. The van der Waals surface area contributed by atoms with Crippen LogP contribution in [0.25, 0.3) is 10.6 Å². The highest BCUT2D eigenvalue weighted by Crippen LogP contribution is 2.36. The van der Waals surface area contributed by atoms with E-state index >= 15 is 0 Å². The summed E-state index contributed by atoms with van der Waals surface area (Å²) in [5.41, 5.74) is 9.67. The fourth-order valence-corrected chi connectivity index (χ4v) is 3.26. The number of anilines is 1. The summed E-state index contributed by atoms with van der Waals surface area (Å²) in [6.45, 7) is 1.88. The van der Waals surface area contributed by atoms with Gasteiger partial charge in [-0.3, -0.25) is 4.79 Å². The Balaban J connectivity index is 2.03. The van der Waals surface area contributed by atoms with Crippen LogP contribution in [0.2, 0.25) is 0 Å². The molecule has 2 heterocycles. The van der Waals surface area contributed by atoms with Gasteiger partial charge in [0.15, 0.2) is 10.6 Å². The predicted molar refractivity (Wildman–Crippen MR) is 72.0 cm³/mol. The second kappa shape index (κ2) is 4.33. The maximum Gasteiger partial charge on any atom is 0.261 e. The molecule has 1 saturated carbocycles. The SMILES string of the molecule is Cc1n[c]sc1-c1nc(NC2CC2)sc1C(N)=O. The maximum atomic E-state index is 11.5. The summed E-state index contributed by atoms with van der Waals surface area (Å²) in [6.07, 6.45) is 2.32. The van der Waals surface area contributed by atoms with E-state index in [2.05, 4.69) is 20.8 Å². The average molecular weight is 279 g/mol. The van der Waals surface area contributed by atoms with E-state index in [0.29, 0.717) is 16.6 Å². The quantitative estimate of drug-likeness (QED) is 0.897. The van der Waals surface area contributed by atoms with Crippen LogP contribution in [0.15, 0.2) is 0 Å². The van der Waals surface area contributed by atoms with Gasteiger partial charge < -0.3 is 11.1 Å². The number of nitrogens with zero attached hydrogens (tertiary/aromatic N) is 2. The molecule has 93 valence electrons. The fourth-order valence-electron chi connectivity index (χ4n) is 1.59. The lowest BCUT2D eigenvalue weighted by Crippen LogP contribution is -2.10. The zero-order chi connectivity index (χ0) is 12.7. The van der Waals surface area contributed by atoms with Crippen molar-refractivity contribution in [2.75, 3.05) is 5.32 Å². The zero-order valence-electron chi connectivity index (χ0n) is 9.69. The van der Waals surface area contributed by atoms with Crippen molar-refractivity contribution in [3.8, 4) is 10.6 Å². The van der Waals surface area contributed by atoms with Gasteiger partial charge in [0, 0.05) is 6.04 Å². The van der Waals surface area contributed by atoms with E-state index in [1.165, 1.54) is 22.7 Å². The molecule has 1 amide bonds. The average Bonchev–Trinajstić information content (AvgIpc) is 2.86. The summed E-state index contributed by atoms with van der Waals surface area (Å²) < 4.78 is 0. The Kier molecular flexibility index (Phi) is 2.79. The Morgan fingerprint density at radius 3 is 2.89 bits per heavy atom. The van der Waals surface area contributed by atoms with Gasteiger partial charge in [-0.2, -0.15) is 0 Å². The number of carbonyl (C=O) groups is 1. The van der Waals surface area contributed by atoms with Gasteiger partial charge in [0.05, 0.1) is 10.6 Å². The second-order valence-electron chi connectivity index (χ2n) is 4.20. The summed E-state index contributed by atoms with van der Waals surface area (Å²) in [7, 11) is 0. The number of amides is 1. The van der Waals surface area contributed by atoms with Crippen LogP contribution in [-0.2, 0) is 0 Å². The summed E-state index contributed by atoms with van der Waals surface area (Å²) in [4.78, 5) is 21.4. The molecular weight excluding hydrogens is 268 g/mol. The minimum Gasteiger partial charge on any atom is -0.365 e. The number of hydrogen-bond donors (Lipinski definition) is 2. The summed E-state index contributed by atoms with van der Waals surface area (Å²) in [5, 5.41) is 4.04. The van der Waals surface area contributed by atoms with Gasteiger partial charge >= 0.3 is 0 Å².